The second-order valence-corrected chi connectivity index (χ2v) is 41.1. The number of rotatable bonds is 13. The molecule has 0 bridgehead atoms. The summed E-state index contributed by atoms with van der Waals surface area (Å²) in [7, 11) is 6.72. The van der Waals surface area contributed by atoms with Gasteiger partial charge in [0.05, 0.1) is 30.5 Å². The van der Waals surface area contributed by atoms with Crippen molar-refractivity contribution in [2.24, 2.45) is 0 Å². The summed E-state index contributed by atoms with van der Waals surface area (Å²) in [5.74, 6) is -1.67. The SMILES string of the molecule is CC(=O)O.CC(=O)O.CC[Si]1(CC)CCCC1c1cccc2nc(-c3cc(C)cc(C)c3)ccc12.CC[Si]1(CC)[CH-]CCC1.CN(C)c1cccc(N(C)C)c1-c1ccccc1P(C1CCCCC1)C1CCCCC1.Cc1cc(C)cc(-c2ccc3c(Cl)cccc3n2)c1.[Pd].[Zn+][I]. The summed E-state index contributed by atoms with van der Waals surface area (Å²) in [5, 5.41) is 19.7. The minimum atomic E-state index is -1.19. The molecule has 4 fully saturated rings. The summed E-state index contributed by atoms with van der Waals surface area (Å²) < 4.78 is 0. The first-order chi connectivity index (χ1) is 46.1. The van der Waals surface area contributed by atoms with Crippen LogP contribution in [0.3, 0.4) is 0 Å². The summed E-state index contributed by atoms with van der Waals surface area (Å²) in [5.41, 5.74) is 21.5. The van der Waals surface area contributed by atoms with Crippen molar-refractivity contribution in [3.05, 3.63) is 178 Å². The van der Waals surface area contributed by atoms with Crippen molar-refractivity contribution in [1.82, 2.24) is 9.97 Å². The zero-order chi connectivity index (χ0) is 70.1. The van der Waals surface area contributed by atoms with E-state index < -0.39 is 28.1 Å². The standard InChI is InChI=1S/C28H41N2P.C25H31NSi.C17H14ClN.C8H17Si.2C2H4O2.HI.Pd.Zn/c1-29(2)25-19-13-20-26(30(3)4)28(25)24-18-11-12-21-27(24)31(22-14-7-5-8-15-22)23-16-9-6-10-17-23;1-5-27(6-2)14-8-11-25(27)22-9-7-10-24-21(22)12-13-23(26-24)20-16-18(3)15-19(4)17-20;1-11-8-12(2)10-13(9-11)16-7-6-14-15(18)4-3-5-17(14)19-16;1-3-9(4-2)7-5-6-8-9;2*1-2(3)4;;;/h11-13,18-23H,5-10,14-17H2,1-4H3;7,9-10,12-13,15-17,25H,5-6,8,11,14H2,1-4H3;3-10H,1-2H3;7H,3-6,8H2,1-2H3;2*1H3,(H,3,4);1H;;/q;;;-1;;;;;+2/p-1. The molecular weight excluding hydrogens is 1530 g/mol. The summed E-state index contributed by atoms with van der Waals surface area (Å²) in [4.78, 5) is 32.4. The number of hydrogen-bond donors (Lipinski definition) is 2. The molecule has 2 aromatic heterocycles. The number of benzene rings is 6. The number of fused-ring (bicyclic) bond motifs is 2. The Bertz CT molecular complexity index is 3650. The predicted octanol–water partition coefficient (Wildman–Crippen LogP) is 23.9. The van der Waals surface area contributed by atoms with E-state index in [4.69, 9.17) is 41.4 Å². The van der Waals surface area contributed by atoms with E-state index in [1.807, 2.05) is 30.3 Å². The van der Waals surface area contributed by atoms with Crippen LogP contribution in [0.15, 0.2) is 140 Å². The van der Waals surface area contributed by atoms with Gasteiger partial charge in [0.2, 0.25) is 0 Å². The van der Waals surface area contributed by atoms with Crippen LogP contribution in [0.4, 0.5) is 11.4 Å². The van der Waals surface area contributed by atoms with Crippen molar-refractivity contribution in [1.29, 1.82) is 0 Å². The van der Waals surface area contributed by atoms with Gasteiger partial charge in [-0.2, -0.15) is 6.42 Å². The predicted molar refractivity (Wildman–Crippen MR) is 428 cm³/mol. The Morgan fingerprint density at radius 2 is 1.00 bits per heavy atom. The van der Waals surface area contributed by atoms with E-state index in [9.17, 15) is 0 Å². The van der Waals surface area contributed by atoms with Crippen molar-refractivity contribution in [2.75, 3.05) is 38.0 Å². The zero-order valence-electron chi connectivity index (χ0n) is 61.0. The maximum absolute atomic E-state index is 9.00. The average molecular weight is 1640 g/mol. The third kappa shape index (κ3) is 23.7. The molecule has 2 saturated heterocycles. The molecule has 4 heterocycles. The molecule has 97 heavy (non-hydrogen) atoms. The fraction of sp³-hybridized carbons (Fsp3) is 0.451. The molecule has 4 aliphatic rings. The number of aryl methyl sites for hydroxylation is 4. The van der Waals surface area contributed by atoms with Crippen molar-refractivity contribution < 1.29 is 55.0 Å². The van der Waals surface area contributed by atoms with E-state index in [0.29, 0.717) is 0 Å². The van der Waals surface area contributed by atoms with Gasteiger partial charge in [-0.05, 0) is 166 Å². The molecule has 0 radical (unpaired) electrons. The minimum absolute atomic E-state index is 0. The number of carbonyl (C=O) groups is 2. The number of carboxylic acids is 2. The molecule has 2 saturated carbocycles. The fourth-order valence-electron chi connectivity index (χ4n) is 15.6. The Labute approximate surface area is 627 Å². The molecule has 0 spiro atoms. The van der Waals surface area contributed by atoms with Crippen LogP contribution in [0.1, 0.15) is 165 Å². The maximum atomic E-state index is 9.00. The normalized spacial score (nSPS) is 16.1. The van der Waals surface area contributed by atoms with Gasteiger partial charge < -0.3 is 26.1 Å². The average Bonchev–Trinajstić information content (AvgIpc) is 1.75. The van der Waals surface area contributed by atoms with Gasteiger partial charge in [0.25, 0.3) is 11.9 Å². The molecule has 2 aliphatic carbocycles. The first-order valence-corrected chi connectivity index (χ1v) is 51.8. The van der Waals surface area contributed by atoms with Crippen molar-refractivity contribution in [3.8, 4) is 33.6 Å². The van der Waals surface area contributed by atoms with E-state index in [-0.39, 0.29) is 28.3 Å². The monoisotopic (exact) mass is 1630 g/mol. The van der Waals surface area contributed by atoms with Gasteiger partial charge >= 0.3 is 34.5 Å². The van der Waals surface area contributed by atoms with Crippen LogP contribution in [0, 0.1) is 33.7 Å². The van der Waals surface area contributed by atoms with E-state index in [1.54, 1.807) is 16.9 Å². The van der Waals surface area contributed by atoms with Gasteiger partial charge in [-0.25, -0.2) is 9.97 Å². The quantitative estimate of drug-likeness (QED) is 0.0509. The third-order valence-corrected chi connectivity index (χ3v) is 35.9. The van der Waals surface area contributed by atoms with Crippen LogP contribution in [-0.4, -0.2) is 87.8 Å². The van der Waals surface area contributed by atoms with E-state index in [2.05, 4.69) is 228 Å². The number of nitrogens with zero attached hydrogens (tertiary/aromatic N) is 4. The molecule has 8 aromatic rings. The Balaban J connectivity index is 0.000000234. The third-order valence-electron chi connectivity index (χ3n) is 20.4. The molecule has 12 rings (SSSR count). The van der Waals surface area contributed by atoms with Crippen LogP contribution in [0.25, 0.3) is 55.4 Å². The summed E-state index contributed by atoms with van der Waals surface area (Å²) in [6, 6.07) is 62.4. The van der Waals surface area contributed by atoms with Crippen molar-refractivity contribution in [2.45, 2.75) is 212 Å². The number of aromatic nitrogens is 2. The number of hydrogen-bond acceptors (Lipinski definition) is 6. The Hall–Kier alpha value is -4.15. The second-order valence-electron chi connectivity index (χ2n) is 27.6. The van der Waals surface area contributed by atoms with E-state index in [0.717, 1.165) is 69.1 Å². The number of pyridine rings is 2. The summed E-state index contributed by atoms with van der Waals surface area (Å²) >= 11 is 9.79. The number of aliphatic carboxylic acids is 2. The molecule has 1 unspecified atom stereocenters. The molecule has 6 aromatic carbocycles. The number of carboxylic acid groups (broad SMARTS) is 2. The molecule has 0 amide bonds. The Morgan fingerprint density at radius 1 is 0.557 bits per heavy atom. The van der Waals surface area contributed by atoms with Gasteiger partial charge in [-0.1, -0.05) is 232 Å². The number of halogens is 2. The Morgan fingerprint density at radius 3 is 1.43 bits per heavy atom. The molecule has 15 heteroatoms. The van der Waals surface area contributed by atoms with Crippen LogP contribution in [-0.2, 0) is 44.8 Å². The summed E-state index contributed by atoms with van der Waals surface area (Å²) in [6.07, 6.45) is 20.2. The first-order valence-electron chi connectivity index (χ1n) is 35.5. The molecule has 2 N–H and O–H groups in total. The zero-order valence-corrected chi connectivity index (χ0v) is 71.3. The molecule has 8 nitrogen and oxygen atoms in total. The van der Waals surface area contributed by atoms with Crippen LogP contribution in [0.2, 0.25) is 41.3 Å². The van der Waals surface area contributed by atoms with Crippen LogP contribution in [0.5, 0.6) is 0 Å². The molecule has 1 atom stereocenters. The molecular formula is C82H111ClIN4O4PPdSi2Zn. The second kappa shape index (κ2) is 41.7. The van der Waals surface area contributed by atoms with Gasteiger partial charge in [-0.15, -0.1) is 0 Å². The number of anilines is 2. The van der Waals surface area contributed by atoms with Gasteiger partial charge in [-0.3, -0.25) is 9.59 Å². The fourth-order valence-corrected chi connectivity index (χ4v) is 28.7. The van der Waals surface area contributed by atoms with Crippen molar-refractivity contribution in [3.63, 3.8) is 0 Å². The van der Waals surface area contributed by atoms with Crippen LogP contribution < -0.4 is 15.1 Å². The van der Waals surface area contributed by atoms with E-state index >= 15 is 0 Å². The van der Waals surface area contributed by atoms with E-state index in [1.165, 1.54) is 191 Å². The van der Waals surface area contributed by atoms with Gasteiger partial charge in [0, 0.05) is 106 Å². The summed E-state index contributed by atoms with van der Waals surface area (Å²) in [6.45, 7) is 20.3. The Kier molecular flexibility index (Phi) is 35.9. The molecule has 2 aliphatic heterocycles. The van der Waals surface area contributed by atoms with Gasteiger partial charge in [0.1, 0.15) is 0 Å². The van der Waals surface area contributed by atoms with Crippen molar-refractivity contribution >= 4 is 106 Å². The molecule has 522 valence electrons. The van der Waals surface area contributed by atoms with Gasteiger partial charge in [0.15, 0.2) is 0 Å². The van der Waals surface area contributed by atoms with Crippen LogP contribution >= 0.6 is 39.3 Å². The topological polar surface area (TPSA) is 107 Å². The first kappa shape index (κ1) is 83.5.